The van der Waals surface area contributed by atoms with Gasteiger partial charge in [-0.05, 0) is 54.2 Å². The summed E-state index contributed by atoms with van der Waals surface area (Å²) in [4.78, 5) is 32.6. The molecule has 58 heavy (non-hydrogen) atoms. The minimum atomic E-state index is -2.49. The van der Waals surface area contributed by atoms with Crippen molar-refractivity contribution in [2.75, 3.05) is 39.3 Å². The molecular weight excluding hydrogens is 789 g/mol. The molecule has 0 unspecified atom stereocenters. The predicted molar refractivity (Wildman–Crippen MR) is 211 cm³/mol. The van der Waals surface area contributed by atoms with Crippen LogP contribution in [0.15, 0.2) is 67.0 Å². The van der Waals surface area contributed by atoms with Crippen molar-refractivity contribution in [2.24, 2.45) is 5.41 Å². The zero-order chi connectivity index (χ0) is 40.2. The molecule has 9 rings (SSSR count). The van der Waals surface area contributed by atoms with E-state index >= 15 is 0 Å². The number of rotatable bonds is 13. The first-order valence-corrected chi connectivity index (χ1v) is 20.1. The lowest BCUT2D eigenvalue weighted by Crippen LogP contribution is -2.70. The maximum atomic E-state index is 13.4. The molecule has 4 heterocycles. The van der Waals surface area contributed by atoms with E-state index < -0.39 is 17.5 Å². The minimum Gasteiger partial charge on any atom is -0.492 e. The van der Waals surface area contributed by atoms with Gasteiger partial charge in [-0.2, -0.15) is 5.26 Å². The van der Waals surface area contributed by atoms with E-state index in [0.29, 0.717) is 71.1 Å². The molecule has 15 heteroatoms. The Balaban J connectivity index is 0.887. The summed E-state index contributed by atoms with van der Waals surface area (Å²) in [5.41, 5.74) is 4.80. The van der Waals surface area contributed by atoms with Crippen LogP contribution in [0.3, 0.4) is 0 Å². The molecule has 0 bridgehead atoms. The molecule has 3 saturated heterocycles. The Kier molecular flexibility index (Phi) is 9.95. The minimum absolute atomic E-state index is 0.00978. The first-order valence-electron chi connectivity index (χ1n) is 19.4. The number of ether oxygens (including phenoxy) is 3. The number of urea groups is 1. The van der Waals surface area contributed by atoms with Gasteiger partial charge in [-0.3, -0.25) is 20.0 Å². The van der Waals surface area contributed by atoms with Crippen LogP contribution in [0, 0.1) is 16.7 Å². The normalized spacial score (nSPS) is 21.0. The van der Waals surface area contributed by atoms with E-state index in [9.17, 15) is 23.6 Å². The van der Waals surface area contributed by atoms with Gasteiger partial charge in [-0.25, -0.2) is 13.6 Å². The average molecular weight is 830 g/mol. The number of alkyl halides is 2. The second kappa shape index (κ2) is 15.0. The van der Waals surface area contributed by atoms with Crippen molar-refractivity contribution < 1.29 is 32.6 Å². The molecule has 2 N–H and O–H groups in total. The molecule has 4 aromatic rings. The number of carbonyl (C=O) groups is 2. The molecule has 300 valence electrons. The summed E-state index contributed by atoms with van der Waals surface area (Å²) in [6.07, 6.45) is 5.08. The number of imide groups is 1. The van der Waals surface area contributed by atoms with E-state index in [-0.39, 0.29) is 36.9 Å². The van der Waals surface area contributed by atoms with E-state index in [4.69, 9.17) is 37.4 Å². The second-order valence-electron chi connectivity index (χ2n) is 16.3. The van der Waals surface area contributed by atoms with Crippen LogP contribution in [0.1, 0.15) is 59.6 Å². The molecule has 3 aliphatic heterocycles. The smallest absolute Gasteiger partial charge is 0.322 e. The Morgan fingerprint density at radius 1 is 0.931 bits per heavy atom. The Hall–Kier alpha value is -5.00. The summed E-state index contributed by atoms with van der Waals surface area (Å²) in [7, 11) is 0. The fourth-order valence-corrected chi connectivity index (χ4v) is 9.82. The number of benzene rings is 3. The van der Waals surface area contributed by atoms with Crippen LogP contribution in [0.4, 0.5) is 13.6 Å². The van der Waals surface area contributed by atoms with Gasteiger partial charge in [-0.1, -0.05) is 53.5 Å². The van der Waals surface area contributed by atoms with Crippen LogP contribution >= 0.6 is 23.2 Å². The van der Waals surface area contributed by atoms with Crippen LogP contribution in [-0.2, 0) is 24.4 Å². The van der Waals surface area contributed by atoms with Crippen molar-refractivity contribution >= 4 is 35.1 Å². The maximum absolute atomic E-state index is 13.4. The lowest BCUT2D eigenvalue weighted by Gasteiger charge is -2.58. The number of fused-ring (bicyclic) bond motifs is 1. The first kappa shape index (κ1) is 38.5. The molecule has 4 fully saturated rings. The van der Waals surface area contributed by atoms with Crippen LogP contribution in [0.5, 0.6) is 17.2 Å². The highest BCUT2D eigenvalue weighted by Crippen LogP contribution is 2.56. The second-order valence-corrected chi connectivity index (χ2v) is 17.1. The highest BCUT2D eigenvalue weighted by atomic mass is 35.5. The quantitative estimate of drug-likeness (QED) is 0.104. The Labute approximate surface area is 344 Å². The lowest BCUT2D eigenvalue weighted by atomic mass is 9.61. The van der Waals surface area contributed by atoms with Crippen molar-refractivity contribution in [3.63, 3.8) is 0 Å². The molecule has 1 aromatic heterocycles. The summed E-state index contributed by atoms with van der Waals surface area (Å²) < 4.78 is 45.9. The Morgan fingerprint density at radius 2 is 1.72 bits per heavy atom. The number of nitrogens with one attached hydrogen (secondary N) is 2. The van der Waals surface area contributed by atoms with Gasteiger partial charge >= 0.3 is 6.03 Å². The van der Waals surface area contributed by atoms with Gasteiger partial charge < -0.3 is 24.4 Å². The molecule has 11 nitrogen and oxygen atoms in total. The SMILES string of the molecule is N#Cc1cncc(COc2cc(O[C@H]3CCc4c(-c5cccc(OCCCN6CC7(C6)CC(F)(F)C7)c5Cl)cccc43)c(Cl)cc2CN2CC3(C2)NC(=O)NC3=O)c1. The zero-order valence-corrected chi connectivity index (χ0v) is 33.0. The number of amides is 3. The number of nitriles is 1. The number of hydrogen-bond acceptors (Lipinski definition) is 9. The van der Waals surface area contributed by atoms with Crippen LogP contribution in [0.2, 0.25) is 10.0 Å². The van der Waals surface area contributed by atoms with Crippen molar-refractivity contribution in [3.05, 3.63) is 105 Å². The summed E-state index contributed by atoms with van der Waals surface area (Å²) in [5, 5.41) is 15.3. The van der Waals surface area contributed by atoms with Gasteiger partial charge in [0.05, 0.1) is 22.2 Å². The molecule has 2 aliphatic carbocycles. The summed E-state index contributed by atoms with van der Waals surface area (Å²) in [6.45, 7) is 3.94. The van der Waals surface area contributed by atoms with Crippen molar-refractivity contribution in [1.82, 2.24) is 25.4 Å². The fourth-order valence-electron chi connectivity index (χ4n) is 9.31. The maximum Gasteiger partial charge on any atom is 0.322 e. The summed E-state index contributed by atoms with van der Waals surface area (Å²) in [5.74, 6) is -1.26. The molecule has 3 amide bonds. The van der Waals surface area contributed by atoms with E-state index in [1.165, 1.54) is 6.20 Å². The number of likely N-dealkylation sites (tertiary alicyclic amines) is 2. The number of hydrogen-bond donors (Lipinski definition) is 2. The predicted octanol–water partition coefficient (Wildman–Crippen LogP) is 7.47. The van der Waals surface area contributed by atoms with E-state index in [1.54, 1.807) is 18.3 Å². The third-order valence-electron chi connectivity index (χ3n) is 11.8. The largest absolute Gasteiger partial charge is 0.492 e. The molecular formula is C43H40Cl2F2N6O5. The summed E-state index contributed by atoms with van der Waals surface area (Å²) in [6, 6.07) is 18.8. The van der Waals surface area contributed by atoms with Gasteiger partial charge in [0.15, 0.2) is 0 Å². The summed E-state index contributed by atoms with van der Waals surface area (Å²) >= 11 is 13.9. The lowest BCUT2D eigenvalue weighted by molar-refractivity contribution is -0.213. The van der Waals surface area contributed by atoms with E-state index in [1.807, 2.05) is 35.2 Å². The van der Waals surface area contributed by atoms with E-state index in [2.05, 4.69) is 38.7 Å². The molecule has 3 aromatic carbocycles. The third-order valence-corrected chi connectivity index (χ3v) is 12.5. The zero-order valence-electron chi connectivity index (χ0n) is 31.5. The number of aromatic nitrogens is 1. The van der Waals surface area contributed by atoms with Crippen molar-refractivity contribution in [1.29, 1.82) is 5.26 Å². The number of nitrogens with zero attached hydrogens (tertiary/aromatic N) is 4. The number of carbonyl (C=O) groups excluding carboxylic acids is 2. The number of halogens is 4. The number of pyridine rings is 1. The van der Waals surface area contributed by atoms with E-state index in [0.717, 1.165) is 60.3 Å². The fraction of sp³-hybridized carbons (Fsp3) is 0.395. The third kappa shape index (κ3) is 7.43. The standard InChI is InChI=1S/C43H40Cl2F2N6O5/c44-33-13-28(18-53-24-42(25-53)39(54)50-40(55)51-42)36(57-19-27-12-26(15-48)16-49-17-27)14-37(33)58-34-9-8-30-29(4-1-5-31(30)34)32-6-2-7-35(38(32)45)56-11-3-10-52-22-41(23-52)20-43(46,47)21-41/h1-2,4-7,12-14,16-17,34H,3,8-11,18-25H2,(H2,50,51,54,55)/t34-/m0/s1. The first-order chi connectivity index (χ1) is 27.9. The monoisotopic (exact) mass is 828 g/mol. The average Bonchev–Trinajstić information content (AvgIpc) is 3.71. The van der Waals surface area contributed by atoms with Gasteiger partial charge in [0, 0.05) is 92.7 Å². The van der Waals surface area contributed by atoms with Crippen LogP contribution in [-0.4, -0.2) is 77.5 Å². The highest BCUT2D eigenvalue weighted by molar-refractivity contribution is 6.35. The topological polar surface area (TPSA) is 129 Å². The Bertz CT molecular complexity index is 2330. The Morgan fingerprint density at radius 3 is 2.48 bits per heavy atom. The highest BCUT2D eigenvalue weighted by Gasteiger charge is 2.61. The van der Waals surface area contributed by atoms with Gasteiger partial charge in [0.1, 0.15) is 41.6 Å². The van der Waals surface area contributed by atoms with Crippen molar-refractivity contribution in [3.8, 4) is 34.4 Å². The van der Waals surface area contributed by atoms with Crippen molar-refractivity contribution in [2.45, 2.75) is 62.8 Å². The molecule has 1 atom stereocenters. The van der Waals surface area contributed by atoms with Crippen LogP contribution in [0.25, 0.3) is 11.1 Å². The molecule has 1 saturated carbocycles. The molecule has 5 aliphatic rings. The van der Waals surface area contributed by atoms with Crippen LogP contribution < -0.4 is 24.8 Å². The van der Waals surface area contributed by atoms with Gasteiger partial charge in [-0.15, -0.1) is 0 Å². The van der Waals surface area contributed by atoms with Gasteiger partial charge in [0.25, 0.3) is 5.91 Å². The molecule has 2 spiro atoms. The molecule has 0 radical (unpaired) electrons. The van der Waals surface area contributed by atoms with Gasteiger partial charge in [0.2, 0.25) is 5.92 Å².